The molecule has 0 amide bonds. The maximum atomic E-state index is 11.7. The van der Waals surface area contributed by atoms with Crippen molar-refractivity contribution in [1.82, 2.24) is 0 Å². The van der Waals surface area contributed by atoms with E-state index in [9.17, 15) is 4.79 Å². The molecule has 0 fully saturated rings. The molecular formula is C23H21BO4. The van der Waals surface area contributed by atoms with E-state index in [-0.39, 0.29) is 12.4 Å². The lowest BCUT2D eigenvalue weighted by Crippen LogP contribution is -2.08. The van der Waals surface area contributed by atoms with E-state index in [1.807, 2.05) is 66.7 Å². The van der Waals surface area contributed by atoms with Gasteiger partial charge >= 0.3 is 5.97 Å². The molecule has 0 saturated carbocycles. The van der Waals surface area contributed by atoms with Gasteiger partial charge in [-0.2, -0.15) is 0 Å². The van der Waals surface area contributed by atoms with Gasteiger partial charge in [0.25, 0.3) is 0 Å². The van der Waals surface area contributed by atoms with Gasteiger partial charge in [-0.1, -0.05) is 47.9 Å². The summed E-state index contributed by atoms with van der Waals surface area (Å²) in [4.78, 5) is 11.7. The van der Waals surface area contributed by atoms with E-state index in [0.29, 0.717) is 30.2 Å². The van der Waals surface area contributed by atoms with Gasteiger partial charge in [0.15, 0.2) is 0 Å². The zero-order valence-electron chi connectivity index (χ0n) is 15.8. The highest BCUT2D eigenvalue weighted by Gasteiger charge is 2.09. The number of esters is 1. The molecule has 28 heavy (non-hydrogen) atoms. The average Bonchev–Trinajstić information content (AvgIpc) is 2.69. The molecule has 0 aliphatic rings. The first-order valence-electron chi connectivity index (χ1n) is 9.12. The Labute approximate surface area is 166 Å². The number of rotatable bonds is 8. The third kappa shape index (κ3) is 5.65. The van der Waals surface area contributed by atoms with Crippen LogP contribution in [0.4, 0.5) is 0 Å². The van der Waals surface area contributed by atoms with Gasteiger partial charge in [-0.3, -0.25) is 4.79 Å². The number of carbonyl (C=O) groups excluding carboxylic acids is 1. The van der Waals surface area contributed by atoms with Gasteiger partial charge in [0.2, 0.25) is 0 Å². The highest BCUT2D eigenvalue weighted by molar-refractivity contribution is 6.32. The van der Waals surface area contributed by atoms with Gasteiger partial charge in [0, 0.05) is 5.56 Å². The number of ether oxygens (including phenoxy) is 3. The Hall–Kier alpha value is -3.21. The van der Waals surface area contributed by atoms with Crippen LogP contribution in [-0.2, 0) is 22.6 Å². The molecule has 0 saturated heterocycles. The number of hydrogen-bond donors (Lipinski definition) is 0. The zero-order valence-corrected chi connectivity index (χ0v) is 15.8. The topological polar surface area (TPSA) is 44.8 Å². The van der Waals surface area contributed by atoms with Crippen LogP contribution in [0.1, 0.15) is 18.1 Å². The molecule has 0 aromatic heterocycles. The van der Waals surface area contributed by atoms with Crippen molar-refractivity contribution in [2.24, 2.45) is 0 Å². The second-order valence-corrected chi connectivity index (χ2v) is 6.20. The van der Waals surface area contributed by atoms with E-state index in [0.717, 1.165) is 16.9 Å². The van der Waals surface area contributed by atoms with E-state index in [1.165, 1.54) is 0 Å². The quantitative estimate of drug-likeness (QED) is 0.444. The molecule has 0 aliphatic heterocycles. The molecular weight excluding hydrogens is 351 g/mol. The van der Waals surface area contributed by atoms with Crippen molar-refractivity contribution in [2.75, 3.05) is 6.61 Å². The van der Waals surface area contributed by atoms with E-state index < -0.39 is 0 Å². The second kappa shape index (κ2) is 9.65. The highest BCUT2D eigenvalue weighted by atomic mass is 16.5. The lowest BCUT2D eigenvalue weighted by Gasteiger charge is -2.14. The maximum absolute atomic E-state index is 11.7. The summed E-state index contributed by atoms with van der Waals surface area (Å²) in [6.07, 6.45) is 0.205. The molecule has 0 atom stereocenters. The van der Waals surface area contributed by atoms with Crippen LogP contribution in [0.3, 0.4) is 0 Å². The zero-order chi connectivity index (χ0) is 19.8. The minimum atomic E-state index is -0.260. The van der Waals surface area contributed by atoms with E-state index in [1.54, 1.807) is 13.0 Å². The number of carbonyl (C=O) groups is 1. The summed E-state index contributed by atoms with van der Waals surface area (Å²) in [6.45, 7) is 2.48. The van der Waals surface area contributed by atoms with Crippen LogP contribution in [-0.4, -0.2) is 20.4 Å². The molecule has 3 aromatic rings. The molecule has 140 valence electrons. The Balaban J connectivity index is 1.74. The van der Waals surface area contributed by atoms with Gasteiger partial charge < -0.3 is 14.2 Å². The predicted octanol–water partition coefficient (Wildman–Crippen LogP) is 3.96. The normalized spacial score (nSPS) is 10.3. The number of hydrogen-bond acceptors (Lipinski definition) is 4. The van der Waals surface area contributed by atoms with Crippen LogP contribution < -0.4 is 14.9 Å². The molecule has 2 radical (unpaired) electrons. The largest absolute Gasteiger partial charge is 0.489 e. The summed E-state index contributed by atoms with van der Waals surface area (Å²) in [7, 11) is 5.93. The molecule has 0 N–H and O–H groups in total. The van der Waals surface area contributed by atoms with Crippen LogP contribution in [0.15, 0.2) is 72.8 Å². The summed E-state index contributed by atoms with van der Waals surface area (Å²) in [5.74, 6) is 1.79. The van der Waals surface area contributed by atoms with Crippen LogP contribution in [0.5, 0.6) is 17.2 Å². The van der Waals surface area contributed by atoms with Gasteiger partial charge in [-0.25, -0.2) is 0 Å². The van der Waals surface area contributed by atoms with Gasteiger partial charge in [-0.05, 0) is 42.8 Å². The lowest BCUT2D eigenvalue weighted by molar-refractivity contribution is -0.142. The Morgan fingerprint density at radius 3 is 2.50 bits per heavy atom. The van der Waals surface area contributed by atoms with Gasteiger partial charge in [0.1, 0.15) is 31.7 Å². The molecule has 0 heterocycles. The molecule has 0 aliphatic carbocycles. The Morgan fingerprint density at radius 2 is 1.71 bits per heavy atom. The first kappa shape index (κ1) is 19.6. The molecule has 0 bridgehead atoms. The monoisotopic (exact) mass is 372 g/mol. The Kier molecular flexibility index (Phi) is 6.74. The van der Waals surface area contributed by atoms with Crippen LogP contribution in [0.25, 0.3) is 0 Å². The van der Waals surface area contributed by atoms with Gasteiger partial charge in [-0.15, -0.1) is 0 Å². The summed E-state index contributed by atoms with van der Waals surface area (Å²) in [5, 5.41) is 0. The second-order valence-electron chi connectivity index (χ2n) is 6.20. The van der Waals surface area contributed by atoms with E-state index in [4.69, 9.17) is 22.1 Å². The van der Waals surface area contributed by atoms with Crippen LogP contribution in [0.2, 0.25) is 0 Å². The SMILES string of the molecule is [B]c1ccc(Oc2cccc(CC(=O)OCC)c2)c(COc2ccccc2)c1. The average molecular weight is 372 g/mol. The third-order valence-corrected chi connectivity index (χ3v) is 4.00. The molecule has 5 heteroatoms. The molecule has 4 nitrogen and oxygen atoms in total. The van der Waals surface area contributed by atoms with Crippen molar-refractivity contribution >= 4 is 19.3 Å². The first-order chi connectivity index (χ1) is 13.6. The fourth-order valence-corrected chi connectivity index (χ4v) is 2.71. The Morgan fingerprint density at radius 1 is 0.929 bits per heavy atom. The smallest absolute Gasteiger partial charge is 0.310 e. The van der Waals surface area contributed by atoms with Crippen molar-refractivity contribution < 1.29 is 19.0 Å². The minimum absolute atomic E-state index is 0.205. The molecule has 3 rings (SSSR count). The van der Waals surface area contributed by atoms with E-state index in [2.05, 4.69) is 0 Å². The van der Waals surface area contributed by atoms with Crippen molar-refractivity contribution in [1.29, 1.82) is 0 Å². The fourth-order valence-electron chi connectivity index (χ4n) is 2.71. The van der Waals surface area contributed by atoms with Crippen molar-refractivity contribution in [3.8, 4) is 17.2 Å². The third-order valence-electron chi connectivity index (χ3n) is 4.00. The van der Waals surface area contributed by atoms with Crippen molar-refractivity contribution in [3.05, 3.63) is 83.9 Å². The summed E-state index contributed by atoms with van der Waals surface area (Å²) in [5.41, 5.74) is 2.29. The Bertz CT molecular complexity index is 925. The van der Waals surface area contributed by atoms with Crippen molar-refractivity contribution in [3.63, 3.8) is 0 Å². The predicted molar refractivity (Wildman–Crippen MR) is 109 cm³/mol. The molecule has 3 aromatic carbocycles. The first-order valence-corrected chi connectivity index (χ1v) is 9.12. The number of para-hydroxylation sites is 1. The summed E-state index contributed by atoms with van der Waals surface area (Å²) in [6, 6.07) is 22.4. The van der Waals surface area contributed by atoms with Crippen molar-refractivity contribution in [2.45, 2.75) is 20.0 Å². The number of benzene rings is 3. The standard InChI is InChI=1S/C23H21BO4/c1-2-26-23(25)14-17-7-6-10-21(13-17)28-22-12-11-19(24)15-18(22)16-27-20-8-4-3-5-9-20/h3-13,15H,2,14,16H2,1H3. The molecule has 0 spiro atoms. The minimum Gasteiger partial charge on any atom is -0.489 e. The van der Waals surface area contributed by atoms with Crippen LogP contribution in [0, 0.1) is 0 Å². The fraction of sp³-hybridized carbons (Fsp3) is 0.174. The molecule has 0 unspecified atom stereocenters. The lowest BCUT2D eigenvalue weighted by atomic mass is 9.94. The van der Waals surface area contributed by atoms with Crippen LogP contribution >= 0.6 is 0 Å². The van der Waals surface area contributed by atoms with Gasteiger partial charge in [0.05, 0.1) is 13.0 Å². The van der Waals surface area contributed by atoms with E-state index >= 15 is 0 Å². The highest BCUT2D eigenvalue weighted by Crippen LogP contribution is 2.26. The summed E-state index contributed by atoms with van der Waals surface area (Å²) >= 11 is 0. The maximum Gasteiger partial charge on any atom is 0.310 e. The summed E-state index contributed by atoms with van der Waals surface area (Å²) < 4.78 is 16.9.